The predicted octanol–water partition coefficient (Wildman–Crippen LogP) is 4.13. The van der Waals surface area contributed by atoms with Gasteiger partial charge in [0.1, 0.15) is 17.8 Å². The number of rotatable bonds is 8. The van der Waals surface area contributed by atoms with Gasteiger partial charge in [-0.2, -0.15) is 36.6 Å². The second-order valence-electron chi connectivity index (χ2n) is 8.14. The molecule has 3 heterocycles. The summed E-state index contributed by atoms with van der Waals surface area (Å²) in [5, 5.41) is 21.5. The average molecular weight is 513 g/mol. The van der Waals surface area contributed by atoms with Gasteiger partial charge < -0.3 is 19.9 Å². The lowest BCUT2D eigenvalue weighted by molar-refractivity contribution is -0.154. The van der Waals surface area contributed by atoms with Crippen LogP contribution in [0.1, 0.15) is 25.2 Å². The van der Waals surface area contributed by atoms with E-state index in [0.29, 0.717) is 5.82 Å². The molecule has 192 valence electrons. The molecule has 1 aromatic carbocycles. The summed E-state index contributed by atoms with van der Waals surface area (Å²) in [5.74, 6) is -0.180. The third kappa shape index (κ3) is 5.62. The lowest BCUT2D eigenvalue weighted by Gasteiger charge is -2.19. The molecular weight excluding hydrogens is 493 g/mol. The van der Waals surface area contributed by atoms with Crippen LogP contribution in [0, 0.1) is 6.92 Å². The van der Waals surface area contributed by atoms with E-state index in [1.54, 1.807) is 6.92 Å². The Labute approximate surface area is 200 Å². The molecule has 0 fully saturated rings. The number of fused-ring (bicyclic) bond motifs is 1. The Balaban J connectivity index is 1.72. The molecule has 0 aliphatic carbocycles. The van der Waals surface area contributed by atoms with Gasteiger partial charge in [-0.15, -0.1) is 5.10 Å². The molecule has 0 aliphatic heterocycles. The van der Waals surface area contributed by atoms with Gasteiger partial charge in [0, 0.05) is 23.4 Å². The first-order valence-electron chi connectivity index (χ1n) is 10.4. The molecule has 0 bridgehead atoms. The number of aliphatic hydroxyl groups is 1. The van der Waals surface area contributed by atoms with E-state index in [1.807, 2.05) is 0 Å². The first-order valence-corrected chi connectivity index (χ1v) is 10.4. The van der Waals surface area contributed by atoms with Crippen LogP contribution >= 0.6 is 0 Å². The number of halogens is 5. The number of benzene rings is 1. The van der Waals surface area contributed by atoms with E-state index in [0.717, 1.165) is 4.52 Å². The molecule has 15 heteroatoms. The van der Waals surface area contributed by atoms with Gasteiger partial charge in [0.25, 0.3) is 0 Å². The zero-order chi connectivity index (χ0) is 26.3. The van der Waals surface area contributed by atoms with Crippen molar-refractivity contribution in [2.24, 2.45) is 0 Å². The van der Waals surface area contributed by atoms with Gasteiger partial charge in [0.2, 0.25) is 11.8 Å². The Bertz CT molecular complexity index is 1380. The van der Waals surface area contributed by atoms with Gasteiger partial charge in [0.15, 0.2) is 18.0 Å². The van der Waals surface area contributed by atoms with Gasteiger partial charge in [-0.05, 0) is 39.0 Å². The maximum Gasteiger partial charge on any atom is 0.422 e. The fraction of sp³-hybridized carbons (Fsp3) is 0.333. The summed E-state index contributed by atoms with van der Waals surface area (Å²) in [5.41, 5.74) is -0.699. The number of nitrogens with zero attached hydrogens (tertiary/aromatic N) is 6. The number of anilines is 2. The van der Waals surface area contributed by atoms with Crippen LogP contribution < -0.4 is 14.8 Å². The van der Waals surface area contributed by atoms with Crippen molar-refractivity contribution in [3.63, 3.8) is 0 Å². The molecule has 0 atom stereocenters. The number of hydrogen-bond acceptors (Lipinski definition) is 8. The smallest absolute Gasteiger partial charge is 0.422 e. The number of pyridine rings is 1. The van der Waals surface area contributed by atoms with Gasteiger partial charge in [0.05, 0.1) is 5.60 Å². The van der Waals surface area contributed by atoms with E-state index in [4.69, 9.17) is 4.74 Å². The van der Waals surface area contributed by atoms with Crippen molar-refractivity contribution in [2.45, 2.75) is 39.2 Å². The van der Waals surface area contributed by atoms with Gasteiger partial charge in [-0.3, -0.25) is 0 Å². The Hall–Kier alpha value is -4.01. The summed E-state index contributed by atoms with van der Waals surface area (Å²) in [6.07, 6.45) is -3.26. The Kier molecular flexibility index (Phi) is 6.43. The first kappa shape index (κ1) is 25.1. The second-order valence-corrected chi connectivity index (χ2v) is 8.14. The SMILES string of the molecule is Cc1ncn(-c2ccc(Nc3nc4c(C(C)(C)O)ccc(OCC(F)(F)F)n4n3)cc2OC(F)F)n1. The van der Waals surface area contributed by atoms with E-state index < -0.39 is 25.0 Å². The minimum atomic E-state index is -4.59. The highest BCUT2D eigenvalue weighted by Crippen LogP contribution is 2.31. The van der Waals surface area contributed by atoms with Crippen molar-refractivity contribution in [1.82, 2.24) is 29.4 Å². The highest BCUT2D eigenvalue weighted by atomic mass is 19.4. The van der Waals surface area contributed by atoms with Gasteiger partial charge >= 0.3 is 12.8 Å². The monoisotopic (exact) mass is 513 g/mol. The quantitative estimate of drug-likeness (QED) is 0.339. The van der Waals surface area contributed by atoms with Crippen molar-refractivity contribution in [3.8, 4) is 17.3 Å². The minimum Gasteiger partial charge on any atom is -0.468 e. The predicted molar refractivity (Wildman–Crippen MR) is 116 cm³/mol. The molecule has 36 heavy (non-hydrogen) atoms. The van der Waals surface area contributed by atoms with Crippen LogP contribution in [-0.4, -0.2) is 53.9 Å². The molecule has 0 radical (unpaired) electrons. The van der Waals surface area contributed by atoms with Crippen molar-refractivity contribution >= 4 is 17.3 Å². The van der Waals surface area contributed by atoms with Crippen molar-refractivity contribution < 1.29 is 36.5 Å². The van der Waals surface area contributed by atoms with E-state index in [2.05, 4.69) is 30.2 Å². The highest BCUT2D eigenvalue weighted by Gasteiger charge is 2.30. The van der Waals surface area contributed by atoms with Crippen LogP contribution in [0.3, 0.4) is 0 Å². The molecule has 2 N–H and O–H groups in total. The van der Waals surface area contributed by atoms with Gasteiger partial charge in [-0.1, -0.05) is 0 Å². The summed E-state index contributed by atoms with van der Waals surface area (Å²) in [6, 6.07) is 6.82. The number of nitrogens with one attached hydrogen (secondary N) is 1. The molecule has 3 aromatic heterocycles. The standard InChI is InChI=1S/C21H20F5N7O3/c1-11-27-10-32(30-11)14-6-4-12(8-15(14)36-18(22)23)28-19-29-17-13(20(2,3)34)5-7-16(33(17)31-19)35-9-21(24,25)26/h4-8,10,18,34H,9H2,1-3H3,(H,28,31). The molecule has 0 amide bonds. The topological polar surface area (TPSA) is 112 Å². The molecule has 0 spiro atoms. The molecule has 0 unspecified atom stereocenters. The molecule has 4 aromatic rings. The summed E-state index contributed by atoms with van der Waals surface area (Å²) < 4.78 is 75.9. The zero-order valence-electron chi connectivity index (χ0n) is 19.1. The third-order valence-corrected chi connectivity index (χ3v) is 4.78. The summed E-state index contributed by atoms with van der Waals surface area (Å²) in [7, 11) is 0. The second kappa shape index (κ2) is 9.22. The van der Waals surface area contributed by atoms with E-state index in [-0.39, 0.29) is 40.2 Å². The van der Waals surface area contributed by atoms with Crippen LogP contribution in [0.5, 0.6) is 11.6 Å². The largest absolute Gasteiger partial charge is 0.468 e. The van der Waals surface area contributed by atoms with Crippen molar-refractivity contribution in [2.75, 3.05) is 11.9 Å². The van der Waals surface area contributed by atoms with E-state index in [1.165, 1.54) is 55.2 Å². The molecule has 0 saturated carbocycles. The maximum atomic E-state index is 13.0. The maximum absolute atomic E-state index is 13.0. The third-order valence-electron chi connectivity index (χ3n) is 4.78. The fourth-order valence-corrected chi connectivity index (χ4v) is 3.30. The minimum absolute atomic E-state index is 0.0310. The average Bonchev–Trinajstić information content (AvgIpc) is 3.36. The van der Waals surface area contributed by atoms with Crippen molar-refractivity contribution in [3.05, 3.63) is 48.0 Å². The van der Waals surface area contributed by atoms with E-state index in [9.17, 15) is 27.1 Å². The summed E-state index contributed by atoms with van der Waals surface area (Å²) in [4.78, 5) is 8.22. The fourth-order valence-electron chi connectivity index (χ4n) is 3.30. The van der Waals surface area contributed by atoms with Crippen LogP contribution in [0.2, 0.25) is 0 Å². The molecule has 0 saturated heterocycles. The van der Waals surface area contributed by atoms with Crippen LogP contribution in [0.25, 0.3) is 11.3 Å². The zero-order valence-corrected chi connectivity index (χ0v) is 19.1. The Morgan fingerprint density at radius 3 is 2.47 bits per heavy atom. The van der Waals surface area contributed by atoms with Crippen molar-refractivity contribution in [1.29, 1.82) is 0 Å². The lowest BCUT2D eigenvalue weighted by Crippen LogP contribution is -2.21. The molecule has 10 nitrogen and oxygen atoms in total. The summed E-state index contributed by atoms with van der Waals surface area (Å²) >= 11 is 0. The molecular formula is C21H20F5N7O3. The molecule has 4 rings (SSSR count). The Morgan fingerprint density at radius 2 is 1.86 bits per heavy atom. The first-order chi connectivity index (χ1) is 16.8. The normalized spacial score (nSPS) is 12.4. The summed E-state index contributed by atoms with van der Waals surface area (Å²) in [6.45, 7) is -0.120. The highest BCUT2D eigenvalue weighted by molar-refractivity contribution is 5.64. The van der Waals surface area contributed by atoms with Crippen LogP contribution in [-0.2, 0) is 5.60 Å². The van der Waals surface area contributed by atoms with Crippen LogP contribution in [0.4, 0.5) is 33.6 Å². The van der Waals surface area contributed by atoms with Gasteiger partial charge in [-0.25, -0.2) is 9.67 Å². The number of aromatic nitrogens is 6. The number of ether oxygens (including phenoxy) is 2. The lowest BCUT2D eigenvalue weighted by atomic mass is 10.00. The molecule has 0 aliphatic rings. The Morgan fingerprint density at radius 1 is 1.11 bits per heavy atom. The van der Waals surface area contributed by atoms with Crippen LogP contribution in [0.15, 0.2) is 36.7 Å². The number of alkyl halides is 5. The number of hydrogen-bond donors (Lipinski definition) is 2. The van der Waals surface area contributed by atoms with E-state index >= 15 is 0 Å². The number of aryl methyl sites for hydroxylation is 1.